The van der Waals surface area contributed by atoms with Gasteiger partial charge in [0.25, 0.3) is 12.3 Å². The van der Waals surface area contributed by atoms with Crippen LogP contribution in [0.5, 0.6) is 5.75 Å². The minimum absolute atomic E-state index is 0.0166. The number of amides is 1. The molecule has 1 heterocycles. The molecule has 1 amide bonds. The molecule has 1 atom stereocenters. The van der Waals surface area contributed by atoms with E-state index in [9.17, 15) is 23.1 Å². The van der Waals surface area contributed by atoms with E-state index in [0.717, 1.165) is 18.2 Å². The third-order valence-corrected chi connectivity index (χ3v) is 5.01. The number of rotatable bonds is 8. The van der Waals surface area contributed by atoms with Gasteiger partial charge in [0.15, 0.2) is 0 Å². The van der Waals surface area contributed by atoms with Crippen molar-refractivity contribution in [1.82, 2.24) is 9.97 Å². The number of nitrogens with one attached hydrogen (secondary N) is 2. The SMILES string of the molecule is O=C(Nc1cccc(OCC(O)CO)c1)c1cccc2[nH]c(-c3cc(F)ccc3C(F)F)nc12. The zero-order valence-electron chi connectivity index (χ0n) is 17.6. The number of hydrogen-bond acceptors (Lipinski definition) is 5. The standard InChI is InChI=1S/C24H20F3N3O4/c25-13-7-8-17(22(26)27)19(9-13)23-29-20-6-2-5-18(21(20)30-23)24(33)28-14-3-1-4-16(10-14)34-12-15(32)11-31/h1-10,15,22,31-32H,11-12H2,(H,28,33)(H,29,30). The van der Waals surface area contributed by atoms with E-state index in [-0.39, 0.29) is 34.6 Å². The number of imidazole rings is 1. The van der Waals surface area contributed by atoms with Crippen molar-refractivity contribution in [3.63, 3.8) is 0 Å². The molecule has 4 aromatic rings. The molecule has 4 N–H and O–H groups in total. The van der Waals surface area contributed by atoms with Gasteiger partial charge in [-0.15, -0.1) is 0 Å². The lowest BCUT2D eigenvalue weighted by atomic mass is 10.1. The molecule has 0 aliphatic rings. The maximum Gasteiger partial charge on any atom is 0.264 e. The highest BCUT2D eigenvalue weighted by Gasteiger charge is 2.20. The van der Waals surface area contributed by atoms with Crippen LogP contribution in [0.25, 0.3) is 22.4 Å². The second kappa shape index (κ2) is 9.94. The van der Waals surface area contributed by atoms with Crippen molar-refractivity contribution in [2.45, 2.75) is 12.5 Å². The number of para-hydroxylation sites is 1. The highest BCUT2D eigenvalue weighted by molar-refractivity contribution is 6.11. The lowest BCUT2D eigenvalue weighted by Gasteiger charge is -2.11. The van der Waals surface area contributed by atoms with Gasteiger partial charge in [-0.1, -0.05) is 12.1 Å². The Balaban J connectivity index is 1.62. The lowest BCUT2D eigenvalue weighted by molar-refractivity contribution is 0.0536. The number of aromatic amines is 1. The van der Waals surface area contributed by atoms with Crippen molar-refractivity contribution < 1.29 is 32.9 Å². The molecular formula is C24H20F3N3O4. The summed E-state index contributed by atoms with van der Waals surface area (Å²) in [4.78, 5) is 20.2. The minimum Gasteiger partial charge on any atom is -0.491 e. The largest absolute Gasteiger partial charge is 0.491 e. The third kappa shape index (κ3) is 5.03. The number of aromatic nitrogens is 2. The number of benzene rings is 3. The van der Waals surface area contributed by atoms with Crippen LogP contribution >= 0.6 is 0 Å². The molecule has 1 unspecified atom stereocenters. The predicted octanol–water partition coefficient (Wildman–Crippen LogP) is 4.29. The molecule has 0 radical (unpaired) electrons. The van der Waals surface area contributed by atoms with E-state index in [4.69, 9.17) is 9.84 Å². The van der Waals surface area contributed by atoms with Crippen molar-refractivity contribution in [3.8, 4) is 17.1 Å². The Morgan fingerprint density at radius 3 is 2.68 bits per heavy atom. The van der Waals surface area contributed by atoms with Gasteiger partial charge in [0.05, 0.1) is 17.7 Å². The number of carbonyl (C=O) groups excluding carboxylic acids is 1. The average Bonchev–Trinajstić information content (AvgIpc) is 3.27. The first-order valence-electron chi connectivity index (χ1n) is 10.3. The van der Waals surface area contributed by atoms with Crippen LogP contribution in [-0.4, -0.2) is 45.4 Å². The summed E-state index contributed by atoms with van der Waals surface area (Å²) < 4.78 is 46.0. The first-order valence-corrected chi connectivity index (χ1v) is 10.3. The zero-order chi connectivity index (χ0) is 24.2. The molecule has 3 aromatic carbocycles. The number of aliphatic hydroxyl groups excluding tert-OH is 2. The highest BCUT2D eigenvalue weighted by atomic mass is 19.3. The first-order chi connectivity index (χ1) is 16.4. The van der Waals surface area contributed by atoms with Gasteiger partial charge >= 0.3 is 0 Å². The molecule has 0 aliphatic carbocycles. The van der Waals surface area contributed by atoms with Crippen LogP contribution in [0.15, 0.2) is 60.7 Å². The van der Waals surface area contributed by atoms with Gasteiger partial charge in [-0.05, 0) is 42.5 Å². The number of halogens is 3. The fourth-order valence-electron chi connectivity index (χ4n) is 3.37. The van der Waals surface area contributed by atoms with Crippen LogP contribution in [0, 0.1) is 5.82 Å². The van der Waals surface area contributed by atoms with Crippen molar-refractivity contribution in [2.24, 2.45) is 0 Å². The van der Waals surface area contributed by atoms with Gasteiger partial charge in [-0.3, -0.25) is 4.79 Å². The topological polar surface area (TPSA) is 107 Å². The molecular weight excluding hydrogens is 451 g/mol. The van der Waals surface area contributed by atoms with Crippen molar-refractivity contribution >= 4 is 22.6 Å². The number of carbonyl (C=O) groups is 1. The van der Waals surface area contributed by atoms with Crippen LogP contribution in [0.1, 0.15) is 22.3 Å². The summed E-state index contributed by atoms with van der Waals surface area (Å²) in [7, 11) is 0. The summed E-state index contributed by atoms with van der Waals surface area (Å²) in [6.45, 7) is -0.565. The molecule has 0 saturated carbocycles. The summed E-state index contributed by atoms with van der Waals surface area (Å²) >= 11 is 0. The van der Waals surface area contributed by atoms with Crippen LogP contribution in [0.3, 0.4) is 0 Å². The fraction of sp³-hybridized carbons (Fsp3) is 0.167. The van der Waals surface area contributed by atoms with Gasteiger partial charge in [-0.25, -0.2) is 18.2 Å². The number of anilines is 1. The Hall–Kier alpha value is -3.89. The van der Waals surface area contributed by atoms with E-state index in [2.05, 4.69) is 15.3 Å². The molecule has 34 heavy (non-hydrogen) atoms. The fourth-order valence-corrected chi connectivity index (χ4v) is 3.37. The van der Waals surface area contributed by atoms with Crippen LogP contribution < -0.4 is 10.1 Å². The van der Waals surface area contributed by atoms with Gasteiger partial charge in [0.2, 0.25) is 0 Å². The third-order valence-electron chi connectivity index (χ3n) is 5.01. The Bertz CT molecular complexity index is 1330. The maximum absolute atomic E-state index is 13.8. The summed E-state index contributed by atoms with van der Waals surface area (Å²) in [6.07, 6.45) is -3.87. The number of nitrogens with zero attached hydrogens (tertiary/aromatic N) is 1. The quantitative estimate of drug-likeness (QED) is 0.307. The molecule has 176 valence electrons. The second-order valence-electron chi connectivity index (χ2n) is 7.45. The molecule has 7 nitrogen and oxygen atoms in total. The van der Waals surface area contributed by atoms with Gasteiger partial charge in [-0.2, -0.15) is 0 Å². The number of alkyl halides is 2. The van der Waals surface area contributed by atoms with E-state index in [0.29, 0.717) is 17.0 Å². The maximum atomic E-state index is 13.8. The number of aliphatic hydroxyl groups is 2. The van der Waals surface area contributed by atoms with Gasteiger partial charge in [0.1, 0.15) is 35.6 Å². The van der Waals surface area contributed by atoms with Crippen LogP contribution in [0.2, 0.25) is 0 Å². The van der Waals surface area contributed by atoms with Crippen LogP contribution in [-0.2, 0) is 0 Å². The molecule has 0 bridgehead atoms. The number of hydrogen-bond donors (Lipinski definition) is 4. The first kappa shape index (κ1) is 23.3. The van der Waals surface area contributed by atoms with E-state index in [1.54, 1.807) is 36.4 Å². The zero-order valence-corrected chi connectivity index (χ0v) is 17.6. The predicted molar refractivity (Wildman–Crippen MR) is 119 cm³/mol. The molecule has 0 saturated heterocycles. The molecule has 4 rings (SSSR count). The Kier molecular flexibility index (Phi) is 6.80. The summed E-state index contributed by atoms with van der Waals surface area (Å²) in [6, 6.07) is 14.1. The normalized spacial score (nSPS) is 12.2. The Morgan fingerprint density at radius 1 is 1.12 bits per heavy atom. The van der Waals surface area contributed by atoms with Crippen molar-refractivity contribution in [3.05, 3.63) is 77.6 Å². The van der Waals surface area contributed by atoms with Gasteiger partial charge < -0.3 is 25.3 Å². The molecule has 10 heteroatoms. The van der Waals surface area contributed by atoms with E-state index in [1.165, 1.54) is 6.07 Å². The summed E-state index contributed by atoms with van der Waals surface area (Å²) in [5, 5.41) is 21.0. The summed E-state index contributed by atoms with van der Waals surface area (Å²) in [5.74, 6) is -0.810. The molecule has 0 spiro atoms. The molecule has 1 aromatic heterocycles. The molecule has 0 aliphatic heterocycles. The summed E-state index contributed by atoms with van der Waals surface area (Å²) in [5.41, 5.74) is 0.762. The average molecular weight is 471 g/mol. The smallest absolute Gasteiger partial charge is 0.264 e. The number of H-pyrrole nitrogens is 1. The Morgan fingerprint density at radius 2 is 1.91 bits per heavy atom. The lowest BCUT2D eigenvalue weighted by Crippen LogP contribution is -2.21. The second-order valence-corrected chi connectivity index (χ2v) is 7.45. The Labute approximate surface area is 191 Å². The number of fused-ring (bicyclic) bond motifs is 1. The van der Waals surface area contributed by atoms with E-state index < -0.39 is 30.9 Å². The van der Waals surface area contributed by atoms with E-state index in [1.807, 2.05) is 0 Å². The highest BCUT2D eigenvalue weighted by Crippen LogP contribution is 2.32. The van der Waals surface area contributed by atoms with Crippen molar-refractivity contribution in [1.29, 1.82) is 0 Å². The minimum atomic E-state index is -2.83. The molecule has 0 fully saturated rings. The van der Waals surface area contributed by atoms with Gasteiger partial charge in [0, 0.05) is 22.9 Å². The van der Waals surface area contributed by atoms with Crippen molar-refractivity contribution in [2.75, 3.05) is 18.5 Å². The van der Waals surface area contributed by atoms with E-state index >= 15 is 0 Å². The number of ether oxygens (including phenoxy) is 1. The van der Waals surface area contributed by atoms with Crippen LogP contribution in [0.4, 0.5) is 18.9 Å². The monoisotopic (exact) mass is 471 g/mol.